The van der Waals surface area contributed by atoms with Crippen molar-refractivity contribution in [1.29, 1.82) is 0 Å². The first kappa shape index (κ1) is 13.2. The Morgan fingerprint density at radius 2 is 1.95 bits per heavy atom. The lowest BCUT2D eigenvalue weighted by atomic mass is 10.1. The fraction of sp³-hybridized carbons (Fsp3) is 0.333. The Morgan fingerprint density at radius 1 is 1.10 bits per heavy atom. The van der Waals surface area contributed by atoms with Gasteiger partial charge in [0.1, 0.15) is 5.15 Å². The molecule has 0 radical (unpaired) electrons. The average molecular weight is 291 g/mol. The highest BCUT2D eigenvalue weighted by molar-refractivity contribution is 6.30. The molecule has 1 aliphatic carbocycles. The maximum absolute atomic E-state index is 6.27. The summed E-state index contributed by atoms with van der Waals surface area (Å²) in [5, 5.41) is 0.548. The minimum Gasteiger partial charge on any atom is -0.493 e. The summed E-state index contributed by atoms with van der Waals surface area (Å²) >= 11 is 6.27. The van der Waals surface area contributed by atoms with E-state index in [0.29, 0.717) is 22.5 Å². The van der Waals surface area contributed by atoms with E-state index in [2.05, 4.69) is 9.97 Å². The van der Waals surface area contributed by atoms with Crippen LogP contribution in [-0.4, -0.2) is 24.2 Å². The van der Waals surface area contributed by atoms with E-state index in [-0.39, 0.29) is 0 Å². The third-order valence-corrected chi connectivity index (χ3v) is 3.84. The predicted octanol–water partition coefficient (Wildman–Crippen LogP) is 3.30. The average Bonchev–Trinajstić information content (AvgIpc) is 2.95. The Bertz CT molecular complexity index is 659. The molecule has 0 amide bonds. The molecule has 0 fully saturated rings. The maximum Gasteiger partial charge on any atom is 0.171 e. The molecule has 0 saturated heterocycles. The molecular formula is C15H15ClN2O2. The van der Waals surface area contributed by atoms with Gasteiger partial charge in [0.05, 0.1) is 19.8 Å². The van der Waals surface area contributed by atoms with Crippen molar-refractivity contribution in [2.24, 2.45) is 0 Å². The van der Waals surface area contributed by atoms with Crippen LogP contribution in [0.1, 0.15) is 17.7 Å². The van der Waals surface area contributed by atoms with Crippen molar-refractivity contribution in [3.8, 4) is 22.9 Å². The summed E-state index contributed by atoms with van der Waals surface area (Å²) < 4.78 is 10.7. The molecule has 2 aromatic rings. The Hall–Kier alpha value is -1.81. The largest absolute Gasteiger partial charge is 0.493 e. The van der Waals surface area contributed by atoms with Gasteiger partial charge in [-0.2, -0.15) is 0 Å². The molecule has 0 spiro atoms. The van der Waals surface area contributed by atoms with Gasteiger partial charge >= 0.3 is 0 Å². The number of para-hydroxylation sites is 1. The molecule has 0 bridgehead atoms. The molecule has 0 unspecified atom stereocenters. The third-order valence-electron chi connectivity index (χ3n) is 3.53. The van der Waals surface area contributed by atoms with Crippen molar-refractivity contribution >= 4 is 11.6 Å². The van der Waals surface area contributed by atoms with E-state index in [4.69, 9.17) is 21.1 Å². The van der Waals surface area contributed by atoms with Gasteiger partial charge < -0.3 is 9.47 Å². The third kappa shape index (κ3) is 2.10. The highest BCUT2D eigenvalue weighted by Gasteiger charge is 2.21. The minimum atomic E-state index is 0.548. The van der Waals surface area contributed by atoms with Crippen LogP contribution in [0, 0.1) is 0 Å². The van der Waals surface area contributed by atoms with Gasteiger partial charge in [-0.3, -0.25) is 0 Å². The number of methoxy groups -OCH3 is 2. The second kappa shape index (κ2) is 5.29. The zero-order valence-corrected chi connectivity index (χ0v) is 12.2. The van der Waals surface area contributed by atoms with E-state index in [9.17, 15) is 0 Å². The molecule has 1 aromatic heterocycles. The van der Waals surface area contributed by atoms with Gasteiger partial charge in [0.25, 0.3) is 0 Å². The van der Waals surface area contributed by atoms with Crippen molar-refractivity contribution in [3.63, 3.8) is 0 Å². The highest BCUT2D eigenvalue weighted by atomic mass is 35.5. The van der Waals surface area contributed by atoms with Crippen LogP contribution >= 0.6 is 11.6 Å². The van der Waals surface area contributed by atoms with Crippen LogP contribution in [0.25, 0.3) is 11.4 Å². The van der Waals surface area contributed by atoms with E-state index < -0.39 is 0 Å². The number of hydrogen-bond donors (Lipinski definition) is 0. The van der Waals surface area contributed by atoms with Gasteiger partial charge in [0.15, 0.2) is 17.3 Å². The number of fused-ring (bicyclic) bond motifs is 1. The van der Waals surface area contributed by atoms with E-state index in [1.54, 1.807) is 14.2 Å². The first-order valence-electron chi connectivity index (χ1n) is 6.51. The van der Waals surface area contributed by atoms with Crippen molar-refractivity contribution in [2.45, 2.75) is 19.3 Å². The number of benzene rings is 1. The Labute approximate surface area is 122 Å². The normalized spacial score (nSPS) is 13.2. The van der Waals surface area contributed by atoms with Crippen molar-refractivity contribution in [2.75, 3.05) is 14.2 Å². The van der Waals surface area contributed by atoms with Gasteiger partial charge in [0, 0.05) is 11.3 Å². The molecule has 1 aliphatic rings. The quantitative estimate of drug-likeness (QED) is 0.814. The summed E-state index contributed by atoms with van der Waals surface area (Å²) in [6, 6.07) is 5.65. The van der Waals surface area contributed by atoms with Crippen LogP contribution in [0.15, 0.2) is 18.2 Å². The molecule has 3 rings (SSSR count). The fourth-order valence-electron chi connectivity index (χ4n) is 2.57. The monoisotopic (exact) mass is 290 g/mol. The van der Waals surface area contributed by atoms with E-state index in [1.165, 1.54) is 0 Å². The summed E-state index contributed by atoms with van der Waals surface area (Å²) in [4.78, 5) is 9.06. The van der Waals surface area contributed by atoms with Gasteiger partial charge in [-0.15, -0.1) is 0 Å². The molecule has 20 heavy (non-hydrogen) atoms. The van der Waals surface area contributed by atoms with Crippen LogP contribution in [0.5, 0.6) is 11.5 Å². The van der Waals surface area contributed by atoms with E-state index >= 15 is 0 Å². The smallest absolute Gasteiger partial charge is 0.171 e. The van der Waals surface area contributed by atoms with Crippen LogP contribution in [0.4, 0.5) is 0 Å². The predicted molar refractivity (Wildman–Crippen MR) is 77.6 cm³/mol. The standard InChI is InChI=1S/C15H15ClN2O2/c1-19-12-8-4-6-10(13(12)20-2)15-17-11-7-3-5-9(11)14(16)18-15/h4,6,8H,3,5,7H2,1-2H3. The zero-order valence-electron chi connectivity index (χ0n) is 11.4. The Morgan fingerprint density at radius 3 is 2.70 bits per heavy atom. The number of rotatable bonds is 3. The Kier molecular flexibility index (Phi) is 3.49. The first-order valence-corrected chi connectivity index (χ1v) is 6.89. The van der Waals surface area contributed by atoms with Crippen LogP contribution in [0.2, 0.25) is 5.15 Å². The topological polar surface area (TPSA) is 44.2 Å². The lowest BCUT2D eigenvalue weighted by Crippen LogP contribution is -2.00. The molecule has 0 atom stereocenters. The van der Waals surface area contributed by atoms with Gasteiger partial charge in [-0.25, -0.2) is 9.97 Å². The van der Waals surface area contributed by atoms with Crippen LogP contribution < -0.4 is 9.47 Å². The molecule has 1 heterocycles. The number of aromatic nitrogens is 2. The molecule has 0 N–H and O–H groups in total. The number of aryl methyl sites for hydroxylation is 1. The highest BCUT2D eigenvalue weighted by Crippen LogP contribution is 2.38. The summed E-state index contributed by atoms with van der Waals surface area (Å²) in [5.41, 5.74) is 2.92. The second-order valence-electron chi connectivity index (χ2n) is 4.66. The summed E-state index contributed by atoms with van der Waals surface area (Å²) in [6.45, 7) is 0. The van der Waals surface area contributed by atoms with E-state index in [1.807, 2.05) is 18.2 Å². The lowest BCUT2D eigenvalue weighted by molar-refractivity contribution is 0.356. The SMILES string of the molecule is COc1cccc(-c2nc(Cl)c3c(n2)CCC3)c1OC. The molecule has 4 nitrogen and oxygen atoms in total. The van der Waals surface area contributed by atoms with Crippen molar-refractivity contribution in [3.05, 3.63) is 34.6 Å². The van der Waals surface area contributed by atoms with Gasteiger partial charge in [0.2, 0.25) is 0 Å². The first-order chi connectivity index (χ1) is 9.74. The van der Waals surface area contributed by atoms with Crippen molar-refractivity contribution in [1.82, 2.24) is 9.97 Å². The zero-order chi connectivity index (χ0) is 14.1. The summed E-state index contributed by atoms with van der Waals surface area (Å²) in [6.07, 6.45) is 3.00. The lowest BCUT2D eigenvalue weighted by Gasteiger charge is -2.12. The molecule has 0 aliphatic heterocycles. The van der Waals surface area contributed by atoms with Crippen molar-refractivity contribution < 1.29 is 9.47 Å². The maximum atomic E-state index is 6.27. The van der Waals surface area contributed by atoms with Crippen LogP contribution in [0.3, 0.4) is 0 Å². The molecule has 1 aromatic carbocycles. The number of nitrogens with zero attached hydrogens (tertiary/aromatic N) is 2. The summed E-state index contributed by atoms with van der Waals surface area (Å²) in [5.74, 6) is 1.88. The number of halogens is 1. The van der Waals surface area contributed by atoms with Gasteiger partial charge in [-0.1, -0.05) is 17.7 Å². The minimum absolute atomic E-state index is 0.548. The number of ether oxygens (including phenoxy) is 2. The molecule has 104 valence electrons. The Balaban J connectivity index is 2.17. The van der Waals surface area contributed by atoms with Gasteiger partial charge in [-0.05, 0) is 31.4 Å². The fourth-order valence-corrected chi connectivity index (χ4v) is 2.85. The summed E-state index contributed by atoms with van der Waals surface area (Å²) in [7, 11) is 3.22. The number of hydrogen-bond acceptors (Lipinski definition) is 4. The van der Waals surface area contributed by atoms with E-state index in [0.717, 1.165) is 36.1 Å². The van der Waals surface area contributed by atoms with Crippen LogP contribution in [-0.2, 0) is 12.8 Å². The second-order valence-corrected chi connectivity index (χ2v) is 5.02. The molecule has 5 heteroatoms. The molecule has 0 saturated carbocycles. The molecular weight excluding hydrogens is 276 g/mol.